The van der Waals surface area contributed by atoms with Crippen LogP contribution in [0.3, 0.4) is 0 Å². The minimum absolute atomic E-state index is 0.599. The largest absolute Gasteiger partial charge is 0.383 e. The molecule has 0 amide bonds. The van der Waals surface area contributed by atoms with Crippen molar-refractivity contribution in [1.82, 2.24) is 5.43 Å². The first kappa shape index (κ1) is 11.6. The lowest BCUT2D eigenvalue weighted by Gasteiger charge is -2.19. The van der Waals surface area contributed by atoms with Gasteiger partial charge in [0, 0.05) is 6.92 Å². The standard InChI is InChI=1S/C2H4N4O8/c1-2(3-4(7)8,13-5(9)10)14-6(11)12/h3H,1H3. The predicted molar refractivity (Wildman–Crippen MR) is 34.7 cm³/mol. The van der Waals surface area contributed by atoms with Crippen molar-refractivity contribution in [2.75, 3.05) is 0 Å². The molecule has 0 unspecified atom stereocenters. The van der Waals surface area contributed by atoms with Crippen molar-refractivity contribution in [2.24, 2.45) is 0 Å². The van der Waals surface area contributed by atoms with Crippen LogP contribution in [0, 0.1) is 30.3 Å². The van der Waals surface area contributed by atoms with E-state index in [2.05, 4.69) is 9.68 Å². The molecule has 0 bridgehead atoms. The van der Waals surface area contributed by atoms with E-state index in [1.165, 1.54) is 0 Å². The molecule has 0 heterocycles. The zero-order valence-electron chi connectivity index (χ0n) is 6.61. The molecule has 80 valence electrons. The van der Waals surface area contributed by atoms with Gasteiger partial charge in [-0.15, -0.1) is 20.2 Å². The Hall–Kier alpha value is -2.40. The molecule has 0 radical (unpaired) electrons. The lowest BCUT2D eigenvalue weighted by molar-refractivity contribution is -0.889. The Morgan fingerprint density at radius 2 is 1.43 bits per heavy atom. The molecule has 0 saturated heterocycles. The number of hydrogen-bond acceptors (Lipinski definition) is 8. The van der Waals surface area contributed by atoms with E-state index in [0.717, 1.165) is 5.43 Å². The third-order valence-corrected chi connectivity index (χ3v) is 0.792. The Morgan fingerprint density at radius 3 is 1.64 bits per heavy atom. The molecule has 0 atom stereocenters. The first-order valence-electron chi connectivity index (χ1n) is 2.84. The normalized spacial score (nSPS) is 10.1. The van der Waals surface area contributed by atoms with E-state index in [0.29, 0.717) is 6.92 Å². The van der Waals surface area contributed by atoms with E-state index >= 15 is 0 Å². The van der Waals surface area contributed by atoms with Gasteiger partial charge in [0.15, 0.2) is 5.03 Å². The molecule has 12 heteroatoms. The number of rotatable bonds is 6. The van der Waals surface area contributed by atoms with Crippen molar-refractivity contribution in [1.29, 1.82) is 0 Å². The summed E-state index contributed by atoms with van der Waals surface area (Å²) < 4.78 is 0. The van der Waals surface area contributed by atoms with Crippen molar-refractivity contribution in [3.05, 3.63) is 30.3 Å². The van der Waals surface area contributed by atoms with Gasteiger partial charge < -0.3 is 0 Å². The highest BCUT2D eigenvalue weighted by molar-refractivity contribution is 4.44. The molecule has 12 nitrogen and oxygen atoms in total. The molecule has 0 aromatic carbocycles. The maximum absolute atomic E-state index is 9.87. The van der Waals surface area contributed by atoms with Gasteiger partial charge in [0.2, 0.25) is 0 Å². The van der Waals surface area contributed by atoms with Crippen molar-refractivity contribution in [3.8, 4) is 0 Å². The van der Waals surface area contributed by atoms with Crippen molar-refractivity contribution < 1.29 is 24.9 Å². The average molecular weight is 212 g/mol. The third kappa shape index (κ3) is 4.47. The molecule has 14 heavy (non-hydrogen) atoms. The summed E-state index contributed by atoms with van der Waals surface area (Å²) in [5, 5.41) is 25.2. The molecule has 1 N–H and O–H groups in total. The predicted octanol–water partition coefficient (Wildman–Crippen LogP) is -1.14. The van der Waals surface area contributed by atoms with Gasteiger partial charge >= 0.3 is 5.91 Å². The first-order chi connectivity index (χ1) is 6.25. The van der Waals surface area contributed by atoms with E-state index in [1.54, 1.807) is 0 Å². The van der Waals surface area contributed by atoms with E-state index < -0.39 is 21.1 Å². The second-order valence-corrected chi connectivity index (χ2v) is 1.94. The third-order valence-electron chi connectivity index (χ3n) is 0.792. The summed E-state index contributed by atoms with van der Waals surface area (Å²) in [6.45, 7) is 0.599. The van der Waals surface area contributed by atoms with Crippen LogP contribution in [0.4, 0.5) is 0 Å². The molecule has 0 spiro atoms. The fraction of sp³-hybridized carbons (Fsp3) is 1.00. The van der Waals surface area contributed by atoms with E-state index in [4.69, 9.17) is 0 Å². The second kappa shape index (κ2) is 4.01. The molecule has 0 fully saturated rings. The van der Waals surface area contributed by atoms with Crippen LogP contribution in [0.25, 0.3) is 0 Å². The van der Waals surface area contributed by atoms with Crippen molar-refractivity contribution in [3.63, 3.8) is 0 Å². The van der Waals surface area contributed by atoms with Crippen molar-refractivity contribution >= 4 is 0 Å². The lowest BCUT2D eigenvalue weighted by atomic mass is 10.6. The smallest absolute Gasteiger partial charge is 0.252 e. The van der Waals surface area contributed by atoms with Gasteiger partial charge in [0.05, 0.1) is 0 Å². The fourth-order valence-electron chi connectivity index (χ4n) is 0.508. The summed E-state index contributed by atoms with van der Waals surface area (Å²) in [5.41, 5.74) is 1.11. The van der Waals surface area contributed by atoms with E-state index in [9.17, 15) is 30.3 Å². The maximum Gasteiger partial charge on any atom is 0.383 e. The monoisotopic (exact) mass is 212 g/mol. The van der Waals surface area contributed by atoms with Crippen LogP contribution in [0.5, 0.6) is 0 Å². The topological polar surface area (TPSA) is 160 Å². The van der Waals surface area contributed by atoms with E-state index in [1.807, 2.05) is 0 Å². The van der Waals surface area contributed by atoms with Crippen LogP contribution in [0.2, 0.25) is 0 Å². The number of nitrogens with zero attached hydrogens (tertiary/aromatic N) is 3. The molecular weight excluding hydrogens is 208 g/mol. The molecule has 0 aliphatic rings. The second-order valence-electron chi connectivity index (χ2n) is 1.94. The summed E-state index contributed by atoms with van der Waals surface area (Å²) in [4.78, 5) is 36.6. The molecule has 0 aromatic heterocycles. The lowest BCUT2D eigenvalue weighted by Crippen LogP contribution is -2.52. The number of hydrazine groups is 1. The van der Waals surface area contributed by atoms with Crippen LogP contribution in [0.15, 0.2) is 0 Å². The summed E-state index contributed by atoms with van der Waals surface area (Å²) in [5.74, 6) is -2.78. The Kier molecular flexibility index (Phi) is 3.33. The highest BCUT2D eigenvalue weighted by Crippen LogP contribution is 2.08. The number of nitro groups is 1. The average Bonchev–Trinajstić information content (AvgIpc) is 1.76. The highest BCUT2D eigenvalue weighted by atomic mass is 17.1. The highest BCUT2D eigenvalue weighted by Gasteiger charge is 2.38. The van der Waals surface area contributed by atoms with Gasteiger partial charge in [0.25, 0.3) is 10.2 Å². The Labute approximate surface area is 74.7 Å². The van der Waals surface area contributed by atoms with Crippen LogP contribution in [0.1, 0.15) is 6.92 Å². The van der Waals surface area contributed by atoms with Crippen LogP contribution in [-0.2, 0) is 9.68 Å². The minimum atomic E-state index is -2.78. The van der Waals surface area contributed by atoms with E-state index in [-0.39, 0.29) is 0 Å². The van der Waals surface area contributed by atoms with Gasteiger partial charge in [-0.05, 0) is 0 Å². The molecule has 0 rings (SSSR count). The summed E-state index contributed by atoms with van der Waals surface area (Å²) in [6.07, 6.45) is 0. The molecule has 0 aromatic rings. The Bertz CT molecular complexity index is 221. The van der Waals surface area contributed by atoms with Crippen LogP contribution < -0.4 is 5.43 Å². The SMILES string of the molecule is CC(N[N+](=O)[O-])(O[N+](=O)[O-])O[N+](=O)[O-]. The zero-order chi connectivity index (χ0) is 11.4. The summed E-state index contributed by atoms with van der Waals surface area (Å²) >= 11 is 0. The molecule has 0 saturated carbocycles. The minimum Gasteiger partial charge on any atom is -0.252 e. The molecule has 0 aliphatic heterocycles. The Morgan fingerprint density at radius 1 is 1.07 bits per heavy atom. The Balaban J connectivity index is 4.56. The number of hydrogen-bond donors (Lipinski definition) is 1. The molecular formula is C2H4N4O8. The van der Waals surface area contributed by atoms with Crippen LogP contribution >= 0.6 is 0 Å². The molecule has 0 aliphatic carbocycles. The van der Waals surface area contributed by atoms with Gasteiger partial charge in [-0.3, -0.25) is 9.68 Å². The van der Waals surface area contributed by atoms with Gasteiger partial charge in [-0.25, -0.2) is 10.1 Å². The fourth-order valence-corrected chi connectivity index (χ4v) is 0.508. The summed E-state index contributed by atoms with van der Waals surface area (Å²) in [6, 6.07) is 0. The van der Waals surface area contributed by atoms with Gasteiger partial charge in [-0.1, -0.05) is 5.43 Å². The first-order valence-corrected chi connectivity index (χ1v) is 2.84. The van der Waals surface area contributed by atoms with Gasteiger partial charge in [0.1, 0.15) is 0 Å². The number of nitrogens with one attached hydrogen (secondary N) is 1. The van der Waals surface area contributed by atoms with Gasteiger partial charge in [-0.2, -0.15) is 0 Å². The van der Waals surface area contributed by atoms with Crippen LogP contribution in [-0.4, -0.2) is 21.1 Å². The maximum atomic E-state index is 9.87. The quantitative estimate of drug-likeness (QED) is 0.325. The zero-order valence-corrected chi connectivity index (χ0v) is 6.61. The summed E-state index contributed by atoms with van der Waals surface area (Å²) in [7, 11) is 0. The van der Waals surface area contributed by atoms with Crippen molar-refractivity contribution in [2.45, 2.75) is 12.8 Å².